The SMILES string of the molecule is CCc1cc(C)nc(NC#N)n1. The lowest BCUT2D eigenvalue weighted by Crippen LogP contribution is -2.00. The molecule has 1 aromatic heterocycles. The molecule has 12 heavy (non-hydrogen) atoms. The van der Waals surface area contributed by atoms with Crippen molar-refractivity contribution in [3.8, 4) is 6.19 Å². The fourth-order valence-corrected chi connectivity index (χ4v) is 0.921. The summed E-state index contributed by atoms with van der Waals surface area (Å²) in [6.07, 6.45) is 2.64. The fourth-order valence-electron chi connectivity index (χ4n) is 0.921. The second-order valence-corrected chi connectivity index (χ2v) is 2.41. The van der Waals surface area contributed by atoms with Crippen molar-refractivity contribution in [1.29, 1.82) is 5.26 Å². The molecule has 0 aliphatic heterocycles. The number of anilines is 1. The standard InChI is InChI=1S/C8H10N4/c1-3-7-4-6(2)11-8(12-7)10-5-9/h4H,3H2,1-2H3,(H,10,11,12). The topological polar surface area (TPSA) is 61.6 Å². The number of nitrogens with zero attached hydrogens (tertiary/aromatic N) is 3. The van der Waals surface area contributed by atoms with E-state index in [9.17, 15) is 0 Å². The molecule has 0 spiro atoms. The van der Waals surface area contributed by atoms with E-state index in [0.29, 0.717) is 5.95 Å². The Kier molecular flexibility index (Phi) is 2.59. The molecule has 1 N–H and O–H groups in total. The predicted molar refractivity (Wildman–Crippen MR) is 45.4 cm³/mol. The van der Waals surface area contributed by atoms with Crippen molar-refractivity contribution >= 4 is 5.95 Å². The van der Waals surface area contributed by atoms with E-state index in [4.69, 9.17) is 5.26 Å². The van der Waals surface area contributed by atoms with Gasteiger partial charge in [-0.3, -0.25) is 5.32 Å². The molecule has 0 radical (unpaired) electrons. The van der Waals surface area contributed by atoms with E-state index in [1.807, 2.05) is 19.9 Å². The lowest BCUT2D eigenvalue weighted by atomic mass is 10.3. The van der Waals surface area contributed by atoms with Crippen molar-refractivity contribution in [3.05, 3.63) is 17.5 Å². The molecular formula is C8H10N4. The zero-order valence-electron chi connectivity index (χ0n) is 7.13. The summed E-state index contributed by atoms with van der Waals surface area (Å²) >= 11 is 0. The van der Waals surface area contributed by atoms with Crippen LogP contribution in [-0.4, -0.2) is 9.97 Å². The minimum Gasteiger partial charge on any atom is -0.261 e. The molecule has 0 bridgehead atoms. The third-order valence-corrected chi connectivity index (χ3v) is 1.44. The van der Waals surface area contributed by atoms with Gasteiger partial charge >= 0.3 is 0 Å². The Morgan fingerprint density at radius 3 is 2.92 bits per heavy atom. The normalized spacial score (nSPS) is 9.08. The molecule has 1 rings (SSSR count). The lowest BCUT2D eigenvalue weighted by Gasteiger charge is -2.00. The summed E-state index contributed by atoms with van der Waals surface area (Å²) in [7, 11) is 0. The Hall–Kier alpha value is -1.63. The molecule has 0 saturated heterocycles. The molecule has 0 aromatic carbocycles. The monoisotopic (exact) mass is 162 g/mol. The van der Waals surface area contributed by atoms with E-state index in [-0.39, 0.29) is 0 Å². The van der Waals surface area contributed by atoms with Gasteiger partial charge in [0.1, 0.15) is 0 Å². The third-order valence-electron chi connectivity index (χ3n) is 1.44. The number of aromatic nitrogens is 2. The first kappa shape index (κ1) is 8.47. The first-order valence-corrected chi connectivity index (χ1v) is 3.76. The zero-order valence-corrected chi connectivity index (χ0v) is 7.13. The van der Waals surface area contributed by atoms with Gasteiger partial charge in [0.25, 0.3) is 0 Å². The van der Waals surface area contributed by atoms with Crippen molar-refractivity contribution in [2.24, 2.45) is 0 Å². The van der Waals surface area contributed by atoms with Crippen LogP contribution in [-0.2, 0) is 6.42 Å². The fraction of sp³-hybridized carbons (Fsp3) is 0.375. The van der Waals surface area contributed by atoms with Crippen LogP contribution >= 0.6 is 0 Å². The highest BCUT2D eigenvalue weighted by Crippen LogP contribution is 2.04. The molecule has 0 aliphatic carbocycles. The molecule has 62 valence electrons. The van der Waals surface area contributed by atoms with Crippen LogP contribution < -0.4 is 5.32 Å². The van der Waals surface area contributed by atoms with Gasteiger partial charge in [-0.2, -0.15) is 5.26 Å². The van der Waals surface area contributed by atoms with Crippen molar-refractivity contribution in [1.82, 2.24) is 9.97 Å². The van der Waals surface area contributed by atoms with Gasteiger partial charge in [-0.05, 0) is 19.4 Å². The second kappa shape index (κ2) is 3.67. The molecule has 0 atom stereocenters. The number of aryl methyl sites for hydroxylation is 2. The van der Waals surface area contributed by atoms with Gasteiger partial charge in [-0.1, -0.05) is 6.92 Å². The highest BCUT2D eigenvalue weighted by Gasteiger charge is 1.98. The van der Waals surface area contributed by atoms with E-state index < -0.39 is 0 Å². The quantitative estimate of drug-likeness (QED) is 0.525. The van der Waals surface area contributed by atoms with Gasteiger partial charge < -0.3 is 0 Å². The molecule has 0 amide bonds. The van der Waals surface area contributed by atoms with Gasteiger partial charge in [0, 0.05) is 11.4 Å². The maximum Gasteiger partial charge on any atom is 0.236 e. The highest BCUT2D eigenvalue weighted by molar-refractivity contribution is 5.32. The Balaban J connectivity index is 2.99. The Morgan fingerprint density at radius 1 is 1.58 bits per heavy atom. The number of nitriles is 1. The average molecular weight is 162 g/mol. The molecule has 4 nitrogen and oxygen atoms in total. The summed E-state index contributed by atoms with van der Waals surface area (Å²) in [5, 5.41) is 10.7. The zero-order chi connectivity index (χ0) is 8.97. The lowest BCUT2D eigenvalue weighted by molar-refractivity contribution is 0.982. The molecule has 0 unspecified atom stereocenters. The van der Waals surface area contributed by atoms with Crippen molar-refractivity contribution in [3.63, 3.8) is 0 Å². The summed E-state index contributed by atoms with van der Waals surface area (Å²) in [6.45, 7) is 3.89. The molecule has 0 aliphatic rings. The van der Waals surface area contributed by atoms with Crippen LogP contribution in [0.25, 0.3) is 0 Å². The second-order valence-electron chi connectivity index (χ2n) is 2.41. The van der Waals surface area contributed by atoms with Gasteiger partial charge in [0.05, 0.1) is 0 Å². The largest absolute Gasteiger partial charge is 0.261 e. The summed E-state index contributed by atoms with van der Waals surface area (Å²) in [5.41, 5.74) is 1.82. The third kappa shape index (κ3) is 1.92. The number of hydrogen-bond donors (Lipinski definition) is 1. The first-order chi connectivity index (χ1) is 5.76. The average Bonchev–Trinajstić information content (AvgIpc) is 2.04. The number of hydrogen-bond acceptors (Lipinski definition) is 4. The highest BCUT2D eigenvalue weighted by atomic mass is 15.1. The van der Waals surface area contributed by atoms with E-state index in [2.05, 4.69) is 15.3 Å². The number of rotatable bonds is 2. The summed E-state index contributed by atoms with van der Waals surface area (Å²) in [6, 6.07) is 1.91. The van der Waals surface area contributed by atoms with Gasteiger partial charge in [-0.15, -0.1) is 0 Å². The van der Waals surface area contributed by atoms with Crippen molar-refractivity contribution in [2.75, 3.05) is 5.32 Å². The molecule has 0 saturated carbocycles. The maximum atomic E-state index is 8.33. The molecule has 0 fully saturated rings. The smallest absolute Gasteiger partial charge is 0.236 e. The van der Waals surface area contributed by atoms with Crippen LogP contribution in [0.4, 0.5) is 5.95 Å². The Morgan fingerprint density at radius 2 is 2.33 bits per heavy atom. The van der Waals surface area contributed by atoms with Crippen LogP contribution in [0, 0.1) is 18.4 Å². The van der Waals surface area contributed by atoms with Gasteiger partial charge in [0.15, 0.2) is 6.19 Å². The van der Waals surface area contributed by atoms with Crippen LogP contribution in [0.2, 0.25) is 0 Å². The van der Waals surface area contributed by atoms with Crippen molar-refractivity contribution < 1.29 is 0 Å². The molecule has 1 aromatic rings. The van der Waals surface area contributed by atoms with Crippen LogP contribution in [0.15, 0.2) is 6.07 Å². The minimum absolute atomic E-state index is 0.384. The Bertz CT molecular complexity index is 313. The summed E-state index contributed by atoms with van der Waals surface area (Å²) < 4.78 is 0. The van der Waals surface area contributed by atoms with Gasteiger partial charge in [-0.25, -0.2) is 9.97 Å². The van der Waals surface area contributed by atoms with E-state index >= 15 is 0 Å². The van der Waals surface area contributed by atoms with Gasteiger partial charge in [0.2, 0.25) is 5.95 Å². The Labute approximate surface area is 71.3 Å². The van der Waals surface area contributed by atoms with Crippen molar-refractivity contribution in [2.45, 2.75) is 20.3 Å². The minimum atomic E-state index is 0.384. The van der Waals surface area contributed by atoms with E-state index in [1.54, 1.807) is 6.19 Å². The number of nitrogens with one attached hydrogen (secondary N) is 1. The molecule has 1 heterocycles. The maximum absolute atomic E-state index is 8.33. The first-order valence-electron chi connectivity index (χ1n) is 3.76. The van der Waals surface area contributed by atoms with E-state index in [1.165, 1.54) is 0 Å². The summed E-state index contributed by atoms with van der Waals surface area (Å²) in [5.74, 6) is 0.384. The van der Waals surface area contributed by atoms with Crippen LogP contribution in [0.5, 0.6) is 0 Å². The molecular weight excluding hydrogens is 152 g/mol. The van der Waals surface area contributed by atoms with Crippen LogP contribution in [0.3, 0.4) is 0 Å². The van der Waals surface area contributed by atoms with E-state index in [0.717, 1.165) is 17.8 Å². The van der Waals surface area contributed by atoms with Crippen LogP contribution in [0.1, 0.15) is 18.3 Å². The molecule has 4 heteroatoms. The predicted octanol–water partition coefficient (Wildman–Crippen LogP) is 1.24. The summed E-state index contributed by atoms with van der Waals surface area (Å²) in [4.78, 5) is 8.12.